The van der Waals surface area contributed by atoms with Crippen molar-refractivity contribution in [3.8, 4) is 0 Å². The average molecular weight is 358 g/mol. The molecule has 0 unspecified atom stereocenters. The largest absolute Gasteiger partial charge is 0.361 e. The number of rotatable bonds is 6. The van der Waals surface area contributed by atoms with Gasteiger partial charge in [0.05, 0.1) is 12.1 Å². The van der Waals surface area contributed by atoms with E-state index in [1.165, 1.54) is 0 Å². The van der Waals surface area contributed by atoms with Gasteiger partial charge in [0.15, 0.2) is 0 Å². The Kier molecular flexibility index (Phi) is 4.57. The predicted molar refractivity (Wildman–Crippen MR) is 101 cm³/mol. The van der Waals surface area contributed by atoms with E-state index in [0.717, 1.165) is 41.6 Å². The van der Waals surface area contributed by atoms with Crippen molar-refractivity contribution < 1.29 is 9.59 Å². The zero-order valence-electron chi connectivity index (χ0n) is 13.9. The van der Waals surface area contributed by atoms with E-state index in [0.29, 0.717) is 11.7 Å². The molecule has 0 spiro atoms. The molecule has 2 saturated heterocycles. The molecule has 3 heterocycles. The third-order valence-electron chi connectivity index (χ3n) is 4.92. The van der Waals surface area contributed by atoms with Gasteiger partial charge < -0.3 is 20.9 Å². The maximum absolute atomic E-state index is 12.1. The molecular weight excluding hydrogens is 336 g/mol. The number of aromatic amines is 1. The third-order valence-corrected chi connectivity index (χ3v) is 6.43. The smallest absolute Gasteiger partial charge is 0.315 e. The Hall–Kier alpha value is -2.15. The normalized spacial score (nSPS) is 24.8. The average Bonchev–Trinajstić information content (AvgIpc) is 3.27. The summed E-state index contributed by atoms with van der Waals surface area (Å²) in [6.45, 7) is 0. The van der Waals surface area contributed by atoms with Gasteiger partial charge in [-0.2, -0.15) is 11.8 Å². The van der Waals surface area contributed by atoms with Crippen molar-refractivity contribution in [2.45, 2.75) is 43.0 Å². The highest BCUT2D eigenvalue weighted by atomic mass is 32.2. The van der Waals surface area contributed by atoms with E-state index < -0.39 is 0 Å². The number of nitrogens with one attached hydrogen (secondary N) is 4. The van der Waals surface area contributed by atoms with Crippen LogP contribution in [0.2, 0.25) is 0 Å². The van der Waals surface area contributed by atoms with Gasteiger partial charge in [-0.3, -0.25) is 4.79 Å². The number of anilines is 1. The van der Waals surface area contributed by atoms with E-state index in [1.54, 1.807) is 0 Å². The van der Waals surface area contributed by atoms with Gasteiger partial charge >= 0.3 is 6.03 Å². The number of carbonyl (C=O) groups is 2. The van der Waals surface area contributed by atoms with Crippen LogP contribution in [0.3, 0.4) is 0 Å². The SMILES string of the molecule is O=C(CCCC[C@@H]1SC[C@@H]2NC(=O)N[C@H]21)Nc1ccc2[nH]ccc2c1. The van der Waals surface area contributed by atoms with Crippen molar-refractivity contribution in [2.24, 2.45) is 0 Å². The van der Waals surface area contributed by atoms with Crippen LogP contribution in [0.5, 0.6) is 0 Å². The maximum Gasteiger partial charge on any atom is 0.315 e. The Bertz CT molecular complexity index is 790. The Morgan fingerprint density at radius 1 is 1.24 bits per heavy atom. The summed E-state index contributed by atoms with van der Waals surface area (Å²) in [5, 5.41) is 10.5. The van der Waals surface area contributed by atoms with Crippen LogP contribution in [0.15, 0.2) is 30.5 Å². The van der Waals surface area contributed by atoms with Crippen LogP contribution in [-0.4, -0.2) is 40.0 Å². The van der Waals surface area contributed by atoms with Crippen LogP contribution in [0, 0.1) is 0 Å². The quantitative estimate of drug-likeness (QED) is 0.473. The van der Waals surface area contributed by atoms with Gasteiger partial charge in [-0.25, -0.2) is 4.79 Å². The van der Waals surface area contributed by atoms with E-state index in [-0.39, 0.29) is 24.0 Å². The first-order valence-corrected chi connectivity index (χ1v) is 9.79. The maximum atomic E-state index is 12.1. The minimum atomic E-state index is -0.0425. The summed E-state index contributed by atoms with van der Waals surface area (Å²) in [5.41, 5.74) is 1.91. The number of fused-ring (bicyclic) bond motifs is 2. The number of urea groups is 1. The highest BCUT2D eigenvalue weighted by Gasteiger charge is 2.42. The molecule has 2 fully saturated rings. The molecule has 25 heavy (non-hydrogen) atoms. The number of H-pyrrole nitrogens is 1. The molecule has 1 aromatic carbocycles. The molecule has 1 aromatic heterocycles. The fourth-order valence-corrected chi connectivity index (χ4v) is 5.17. The minimum absolute atomic E-state index is 0.0425. The fourth-order valence-electron chi connectivity index (χ4n) is 3.63. The van der Waals surface area contributed by atoms with Crippen molar-refractivity contribution in [3.05, 3.63) is 30.5 Å². The van der Waals surface area contributed by atoms with Gasteiger partial charge in [-0.15, -0.1) is 0 Å². The first-order valence-electron chi connectivity index (χ1n) is 8.75. The summed E-state index contributed by atoms with van der Waals surface area (Å²) in [6, 6.07) is 8.35. The molecule has 2 aromatic rings. The van der Waals surface area contributed by atoms with Crippen LogP contribution in [0.4, 0.5) is 10.5 Å². The molecule has 4 rings (SSSR count). The molecule has 2 aliphatic rings. The Morgan fingerprint density at radius 2 is 2.16 bits per heavy atom. The molecule has 3 atom stereocenters. The van der Waals surface area contributed by atoms with E-state index in [1.807, 2.05) is 42.2 Å². The summed E-state index contributed by atoms with van der Waals surface area (Å²) < 4.78 is 0. The molecule has 3 amide bonds. The Balaban J connectivity index is 1.19. The van der Waals surface area contributed by atoms with Crippen LogP contribution in [0.1, 0.15) is 25.7 Å². The van der Waals surface area contributed by atoms with Crippen molar-refractivity contribution in [3.63, 3.8) is 0 Å². The fraction of sp³-hybridized carbons (Fsp3) is 0.444. The van der Waals surface area contributed by atoms with Gasteiger partial charge in [-0.05, 0) is 37.1 Å². The van der Waals surface area contributed by atoms with Gasteiger partial charge in [0.1, 0.15) is 0 Å². The second-order valence-electron chi connectivity index (χ2n) is 6.70. The van der Waals surface area contributed by atoms with Gasteiger partial charge in [0, 0.05) is 40.2 Å². The van der Waals surface area contributed by atoms with Gasteiger partial charge in [0.2, 0.25) is 5.91 Å². The van der Waals surface area contributed by atoms with Gasteiger partial charge in [0.25, 0.3) is 0 Å². The summed E-state index contributed by atoms with van der Waals surface area (Å²) >= 11 is 1.92. The molecule has 0 aliphatic carbocycles. The number of hydrogen-bond acceptors (Lipinski definition) is 3. The number of benzene rings is 1. The second-order valence-corrected chi connectivity index (χ2v) is 7.97. The Morgan fingerprint density at radius 3 is 3.08 bits per heavy atom. The first-order chi connectivity index (χ1) is 12.2. The zero-order valence-corrected chi connectivity index (χ0v) is 14.7. The highest BCUT2D eigenvalue weighted by molar-refractivity contribution is 8.00. The lowest BCUT2D eigenvalue weighted by Crippen LogP contribution is -2.36. The standard InChI is InChI=1S/C18H22N4O2S/c23-16(20-12-5-6-13-11(9-12)7-8-19-13)4-2-1-3-15-17-14(10-25-15)21-18(24)22-17/h5-9,14-15,17,19H,1-4,10H2,(H,20,23)(H2,21,22,24)/t14-,15-,17+/m0/s1. The summed E-state index contributed by atoms with van der Waals surface area (Å²) in [6.07, 6.45) is 5.33. The molecule has 0 bridgehead atoms. The lowest BCUT2D eigenvalue weighted by Gasteiger charge is -2.16. The van der Waals surface area contributed by atoms with E-state index in [4.69, 9.17) is 0 Å². The van der Waals surface area contributed by atoms with Crippen LogP contribution < -0.4 is 16.0 Å². The monoisotopic (exact) mass is 358 g/mol. The summed E-state index contributed by atoms with van der Waals surface area (Å²) in [7, 11) is 0. The molecule has 7 heteroatoms. The number of amides is 3. The molecule has 0 saturated carbocycles. The Labute approximate surface area is 150 Å². The minimum Gasteiger partial charge on any atom is -0.361 e. The van der Waals surface area contributed by atoms with Crippen LogP contribution >= 0.6 is 11.8 Å². The topological polar surface area (TPSA) is 86.0 Å². The molecule has 4 N–H and O–H groups in total. The lowest BCUT2D eigenvalue weighted by atomic mass is 10.0. The van der Waals surface area contributed by atoms with Crippen LogP contribution in [0.25, 0.3) is 10.9 Å². The summed E-state index contributed by atoms with van der Waals surface area (Å²) in [5.74, 6) is 1.04. The second kappa shape index (κ2) is 7.00. The van der Waals surface area contributed by atoms with Gasteiger partial charge in [-0.1, -0.05) is 6.42 Å². The molecule has 132 valence electrons. The summed E-state index contributed by atoms with van der Waals surface area (Å²) in [4.78, 5) is 26.6. The number of aromatic nitrogens is 1. The van der Waals surface area contributed by atoms with Crippen molar-refractivity contribution >= 4 is 40.3 Å². The number of carbonyl (C=O) groups excluding carboxylic acids is 2. The van der Waals surface area contributed by atoms with E-state index >= 15 is 0 Å². The van der Waals surface area contributed by atoms with Crippen molar-refractivity contribution in [1.29, 1.82) is 0 Å². The molecule has 2 aliphatic heterocycles. The van der Waals surface area contributed by atoms with E-state index in [2.05, 4.69) is 20.9 Å². The number of unbranched alkanes of at least 4 members (excludes halogenated alkanes) is 1. The van der Waals surface area contributed by atoms with Crippen molar-refractivity contribution in [1.82, 2.24) is 15.6 Å². The zero-order chi connectivity index (χ0) is 17.2. The van der Waals surface area contributed by atoms with Crippen LogP contribution in [-0.2, 0) is 4.79 Å². The van der Waals surface area contributed by atoms with Crippen molar-refractivity contribution in [2.75, 3.05) is 11.1 Å². The molecular formula is C18H22N4O2S. The highest BCUT2D eigenvalue weighted by Crippen LogP contribution is 2.33. The molecule has 6 nitrogen and oxygen atoms in total. The number of thioether (sulfide) groups is 1. The first kappa shape index (κ1) is 16.3. The number of hydrogen-bond donors (Lipinski definition) is 4. The third kappa shape index (κ3) is 3.61. The lowest BCUT2D eigenvalue weighted by molar-refractivity contribution is -0.116. The van der Waals surface area contributed by atoms with E-state index in [9.17, 15) is 9.59 Å². The molecule has 0 radical (unpaired) electrons. The predicted octanol–water partition coefficient (Wildman–Crippen LogP) is 2.83.